The highest BCUT2D eigenvalue weighted by molar-refractivity contribution is 5.91. The van der Waals surface area contributed by atoms with Crippen LogP contribution in [-0.2, 0) is 11.2 Å². The number of hydrogen-bond acceptors (Lipinski definition) is 3. The van der Waals surface area contributed by atoms with E-state index in [4.69, 9.17) is 5.11 Å². The van der Waals surface area contributed by atoms with Crippen LogP contribution in [0.25, 0.3) is 22.2 Å². The van der Waals surface area contributed by atoms with E-state index in [1.54, 1.807) is 18.2 Å². The fourth-order valence-corrected chi connectivity index (χ4v) is 3.09. The first-order valence-corrected chi connectivity index (χ1v) is 8.45. The lowest BCUT2D eigenvalue weighted by Gasteiger charge is -2.12. The Morgan fingerprint density at radius 3 is 2.54 bits per heavy atom. The van der Waals surface area contributed by atoms with E-state index >= 15 is 0 Å². The molecule has 1 unspecified atom stereocenters. The maximum absolute atomic E-state index is 13.8. The Morgan fingerprint density at radius 2 is 1.85 bits per heavy atom. The van der Waals surface area contributed by atoms with Gasteiger partial charge in [0.05, 0.1) is 6.61 Å². The summed E-state index contributed by atoms with van der Waals surface area (Å²) in [7, 11) is 0. The Kier molecular flexibility index (Phi) is 5.75. The van der Waals surface area contributed by atoms with E-state index in [0.717, 1.165) is 28.6 Å². The van der Waals surface area contributed by atoms with E-state index in [-0.39, 0.29) is 24.2 Å². The van der Waals surface area contributed by atoms with Crippen molar-refractivity contribution in [1.82, 2.24) is 10.3 Å². The maximum Gasteiger partial charge on any atom is 0.124 e. The van der Waals surface area contributed by atoms with Crippen molar-refractivity contribution in [3.63, 3.8) is 0 Å². The van der Waals surface area contributed by atoms with Gasteiger partial charge >= 0.3 is 0 Å². The number of aromatic amines is 1. The number of hydrogen-bond donors (Lipinski definition) is 3. The average molecular weight is 358 g/mol. The van der Waals surface area contributed by atoms with Crippen molar-refractivity contribution in [3.05, 3.63) is 59.7 Å². The molecule has 1 aromatic heterocycles. The van der Waals surface area contributed by atoms with Crippen LogP contribution in [0.5, 0.6) is 0 Å². The number of aromatic nitrogens is 1. The minimum Gasteiger partial charge on any atom is -0.395 e. The Balaban J connectivity index is 2.02. The number of rotatable bonds is 8. The third kappa shape index (κ3) is 3.98. The van der Waals surface area contributed by atoms with Gasteiger partial charge in [0.25, 0.3) is 0 Å². The minimum absolute atomic E-state index is 0.00922. The predicted molar refractivity (Wildman–Crippen MR) is 96.9 cm³/mol. The number of nitrogens with one attached hydrogen (secondary N) is 2. The van der Waals surface area contributed by atoms with Crippen LogP contribution in [0.2, 0.25) is 0 Å². The SMILES string of the molecule is O=CC(CNCCO)Cc1c(-c2ccc(F)cc2)[nH]c2ccc(F)cc12. The highest BCUT2D eigenvalue weighted by atomic mass is 19.1. The van der Waals surface area contributed by atoms with Crippen molar-refractivity contribution in [2.45, 2.75) is 6.42 Å². The molecule has 0 saturated carbocycles. The van der Waals surface area contributed by atoms with Gasteiger partial charge in [-0.2, -0.15) is 0 Å². The van der Waals surface area contributed by atoms with E-state index in [0.29, 0.717) is 24.9 Å². The van der Waals surface area contributed by atoms with Gasteiger partial charge in [-0.15, -0.1) is 0 Å². The number of halogens is 2. The van der Waals surface area contributed by atoms with Crippen LogP contribution < -0.4 is 5.32 Å². The highest BCUT2D eigenvalue weighted by Gasteiger charge is 2.18. The topological polar surface area (TPSA) is 65.1 Å². The van der Waals surface area contributed by atoms with Gasteiger partial charge in [0, 0.05) is 35.6 Å². The molecule has 0 spiro atoms. The van der Waals surface area contributed by atoms with Crippen molar-refractivity contribution < 1.29 is 18.7 Å². The molecule has 1 atom stereocenters. The minimum atomic E-state index is -0.357. The van der Waals surface area contributed by atoms with E-state index in [9.17, 15) is 13.6 Å². The monoisotopic (exact) mass is 358 g/mol. The lowest BCUT2D eigenvalue weighted by Crippen LogP contribution is -2.27. The lowest BCUT2D eigenvalue weighted by molar-refractivity contribution is -0.111. The van der Waals surface area contributed by atoms with Gasteiger partial charge < -0.3 is 20.2 Å². The smallest absolute Gasteiger partial charge is 0.124 e. The maximum atomic E-state index is 13.8. The fourth-order valence-electron chi connectivity index (χ4n) is 3.09. The Labute approximate surface area is 149 Å². The summed E-state index contributed by atoms with van der Waals surface area (Å²) in [6, 6.07) is 10.5. The van der Waals surface area contributed by atoms with Gasteiger partial charge in [-0.1, -0.05) is 0 Å². The summed E-state index contributed by atoms with van der Waals surface area (Å²) >= 11 is 0. The largest absolute Gasteiger partial charge is 0.395 e. The third-order valence-electron chi connectivity index (χ3n) is 4.35. The van der Waals surface area contributed by atoms with Crippen LogP contribution in [0.3, 0.4) is 0 Å². The molecule has 0 saturated heterocycles. The lowest BCUT2D eigenvalue weighted by atomic mass is 9.95. The number of benzene rings is 2. The zero-order valence-electron chi connectivity index (χ0n) is 14.1. The second kappa shape index (κ2) is 8.21. The molecule has 0 fully saturated rings. The van der Waals surface area contributed by atoms with E-state index < -0.39 is 0 Å². The summed E-state index contributed by atoms with van der Waals surface area (Å²) in [5.74, 6) is -1.02. The number of aliphatic hydroxyl groups excluding tert-OH is 1. The van der Waals surface area contributed by atoms with Crippen LogP contribution in [0, 0.1) is 17.6 Å². The first-order valence-electron chi connectivity index (χ1n) is 8.45. The molecule has 3 rings (SSSR count). The average Bonchev–Trinajstić information content (AvgIpc) is 2.99. The highest BCUT2D eigenvalue weighted by Crippen LogP contribution is 2.32. The number of fused-ring (bicyclic) bond motifs is 1. The number of carbonyl (C=O) groups excluding carboxylic acids is 1. The molecule has 136 valence electrons. The Bertz CT molecular complexity index is 891. The van der Waals surface area contributed by atoms with E-state index in [1.807, 2.05) is 0 Å². The van der Waals surface area contributed by atoms with Crippen LogP contribution in [0.1, 0.15) is 5.56 Å². The van der Waals surface area contributed by atoms with Crippen LogP contribution in [0.4, 0.5) is 8.78 Å². The summed E-state index contributed by atoms with van der Waals surface area (Å²) in [6.07, 6.45) is 1.26. The van der Waals surface area contributed by atoms with Gasteiger partial charge in [-0.3, -0.25) is 0 Å². The molecule has 0 radical (unpaired) electrons. The van der Waals surface area contributed by atoms with Crippen LogP contribution >= 0.6 is 0 Å². The number of H-pyrrole nitrogens is 1. The van der Waals surface area contributed by atoms with E-state index in [2.05, 4.69) is 10.3 Å². The summed E-state index contributed by atoms with van der Waals surface area (Å²) in [5, 5.41) is 12.6. The molecule has 0 aliphatic heterocycles. The molecule has 3 aromatic rings. The summed E-state index contributed by atoms with van der Waals surface area (Å²) in [4.78, 5) is 14.7. The van der Waals surface area contributed by atoms with Gasteiger partial charge in [0.15, 0.2) is 0 Å². The number of aliphatic hydroxyl groups is 1. The van der Waals surface area contributed by atoms with Crippen molar-refractivity contribution in [2.24, 2.45) is 5.92 Å². The molecule has 1 heterocycles. The van der Waals surface area contributed by atoms with Crippen molar-refractivity contribution in [2.75, 3.05) is 19.7 Å². The van der Waals surface area contributed by atoms with Gasteiger partial charge in [-0.25, -0.2) is 8.78 Å². The van der Waals surface area contributed by atoms with Crippen molar-refractivity contribution in [1.29, 1.82) is 0 Å². The number of aldehydes is 1. The first kappa shape index (κ1) is 18.2. The summed E-state index contributed by atoms with van der Waals surface area (Å²) in [5.41, 5.74) is 3.09. The first-order chi connectivity index (χ1) is 12.6. The van der Waals surface area contributed by atoms with Crippen LogP contribution in [0.15, 0.2) is 42.5 Å². The summed E-state index contributed by atoms with van der Waals surface area (Å²) in [6.45, 7) is 0.803. The standard InChI is InChI=1S/C20H20F2N2O2/c21-15-3-1-14(2-4-15)20-18(9-13(12-26)11-23-7-8-25)17-10-16(22)5-6-19(17)24-20/h1-6,10,12-13,23-25H,7-9,11H2. The second-order valence-electron chi connectivity index (χ2n) is 6.20. The molecule has 3 N–H and O–H groups in total. The zero-order chi connectivity index (χ0) is 18.5. The summed E-state index contributed by atoms with van der Waals surface area (Å²) < 4.78 is 27.0. The molecular weight excluding hydrogens is 338 g/mol. The van der Waals surface area contributed by atoms with Gasteiger partial charge in [0.1, 0.15) is 17.9 Å². The molecule has 0 bridgehead atoms. The fraction of sp³-hybridized carbons (Fsp3) is 0.250. The zero-order valence-corrected chi connectivity index (χ0v) is 14.1. The number of carbonyl (C=O) groups is 1. The van der Waals surface area contributed by atoms with E-state index in [1.165, 1.54) is 24.3 Å². The van der Waals surface area contributed by atoms with Gasteiger partial charge in [-0.05, 0) is 60.0 Å². The van der Waals surface area contributed by atoms with Gasteiger partial charge in [0.2, 0.25) is 0 Å². The Hall–Kier alpha value is -2.57. The van der Waals surface area contributed by atoms with Crippen LogP contribution in [-0.4, -0.2) is 36.1 Å². The Morgan fingerprint density at radius 1 is 1.12 bits per heavy atom. The molecule has 0 aliphatic rings. The quantitative estimate of drug-likeness (QED) is 0.428. The molecule has 6 heteroatoms. The molecule has 2 aromatic carbocycles. The molecule has 4 nitrogen and oxygen atoms in total. The molecule has 0 aliphatic carbocycles. The molecule has 26 heavy (non-hydrogen) atoms. The molecular formula is C20H20F2N2O2. The normalized spacial score (nSPS) is 12.4. The van der Waals surface area contributed by atoms with Crippen molar-refractivity contribution in [3.8, 4) is 11.3 Å². The van der Waals surface area contributed by atoms with Crippen molar-refractivity contribution >= 4 is 17.2 Å². The molecule has 0 amide bonds. The second-order valence-corrected chi connectivity index (χ2v) is 6.20. The predicted octanol–water partition coefficient (Wildman–Crippen LogP) is 3.05. The third-order valence-corrected chi connectivity index (χ3v) is 4.35.